The lowest BCUT2D eigenvalue weighted by molar-refractivity contribution is -0.134. The van der Waals surface area contributed by atoms with Crippen molar-refractivity contribution in [3.05, 3.63) is 65.9 Å². The molecular weight excluding hydrogens is 350 g/mol. The van der Waals surface area contributed by atoms with E-state index in [0.29, 0.717) is 19.0 Å². The number of benzene rings is 2. The lowest BCUT2D eigenvalue weighted by Gasteiger charge is -2.32. The number of carbonyl (C=O) groups is 1. The van der Waals surface area contributed by atoms with E-state index in [9.17, 15) is 13.6 Å². The second-order valence-electron chi connectivity index (χ2n) is 6.81. The molecule has 27 heavy (non-hydrogen) atoms. The van der Waals surface area contributed by atoms with Crippen LogP contribution >= 0.6 is 0 Å². The minimum Gasteiger partial charge on any atom is -0.481 e. The van der Waals surface area contributed by atoms with Gasteiger partial charge in [0.05, 0.1) is 0 Å². The third-order valence-electron chi connectivity index (χ3n) is 5.15. The highest BCUT2D eigenvalue weighted by Crippen LogP contribution is 2.33. The normalized spacial score (nSPS) is 15.3. The van der Waals surface area contributed by atoms with Gasteiger partial charge < -0.3 is 14.6 Å². The average molecular weight is 370 g/mol. The summed E-state index contributed by atoms with van der Waals surface area (Å²) in [7, 11) is 0. The third kappa shape index (κ3) is 3.65. The van der Waals surface area contributed by atoms with E-state index in [-0.39, 0.29) is 18.3 Å². The summed E-state index contributed by atoms with van der Waals surface area (Å²) in [6.07, 6.45) is 3.81. The minimum atomic E-state index is -0.805. The smallest absolute Gasteiger partial charge is 0.260 e. The van der Waals surface area contributed by atoms with Crippen LogP contribution in [0.25, 0.3) is 10.9 Å². The topological polar surface area (TPSA) is 45.3 Å². The highest BCUT2D eigenvalue weighted by Gasteiger charge is 2.25. The highest BCUT2D eigenvalue weighted by atomic mass is 19.1. The number of hydrogen-bond acceptors (Lipinski definition) is 2. The fraction of sp³-hybridized carbons (Fsp3) is 0.286. The standard InChI is InChI=1S/C21H20F2N2O2/c22-15-5-6-20(18(23)11-15)27-13-21(26)25-9-7-14(8-10-25)17-12-24-19-4-2-1-3-16(17)19/h1-6,11-12,14,24H,7-10,13H2. The van der Waals surface area contributed by atoms with Crippen LogP contribution in [0.15, 0.2) is 48.7 Å². The van der Waals surface area contributed by atoms with Crippen molar-refractivity contribution in [2.75, 3.05) is 19.7 Å². The second-order valence-corrected chi connectivity index (χ2v) is 6.81. The fourth-order valence-electron chi connectivity index (χ4n) is 3.69. The van der Waals surface area contributed by atoms with Gasteiger partial charge in [0, 0.05) is 36.3 Å². The van der Waals surface area contributed by atoms with Crippen molar-refractivity contribution in [2.24, 2.45) is 0 Å². The number of halogens is 2. The summed E-state index contributed by atoms with van der Waals surface area (Å²) in [5.74, 6) is -1.37. The van der Waals surface area contributed by atoms with Crippen molar-refractivity contribution in [3.8, 4) is 5.75 Å². The zero-order chi connectivity index (χ0) is 18.8. The first-order valence-electron chi connectivity index (χ1n) is 9.03. The second kappa shape index (κ2) is 7.39. The molecule has 0 saturated carbocycles. The Balaban J connectivity index is 1.34. The molecule has 2 heterocycles. The van der Waals surface area contributed by atoms with Crippen molar-refractivity contribution >= 4 is 16.8 Å². The van der Waals surface area contributed by atoms with Gasteiger partial charge in [-0.05, 0) is 42.5 Å². The molecule has 1 aromatic heterocycles. The molecule has 1 fully saturated rings. The van der Waals surface area contributed by atoms with Crippen LogP contribution in [-0.4, -0.2) is 35.5 Å². The first kappa shape index (κ1) is 17.5. The summed E-state index contributed by atoms with van der Waals surface area (Å²) in [5.41, 5.74) is 2.42. The molecular formula is C21H20F2N2O2. The summed E-state index contributed by atoms with van der Waals surface area (Å²) in [6.45, 7) is 1.02. The Morgan fingerprint density at radius 3 is 2.70 bits per heavy atom. The Kier molecular flexibility index (Phi) is 4.79. The van der Waals surface area contributed by atoms with E-state index in [0.717, 1.165) is 30.5 Å². The Morgan fingerprint density at radius 1 is 1.15 bits per heavy atom. The van der Waals surface area contributed by atoms with E-state index in [4.69, 9.17) is 4.74 Å². The SMILES string of the molecule is O=C(COc1ccc(F)cc1F)N1CCC(c2c[nH]c3ccccc23)CC1. The Morgan fingerprint density at radius 2 is 1.93 bits per heavy atom. The number of H-pyrrole nitrogens is 1. The molecule has 6 heteroatoms. The van der Waals surface area contributed by atoms with Gasteiger partial charge in [0.1, 0.15) is 5.82 Å². The van der Waals surface area contributed by atoms with Gasteiger partial charge in [0.15, 0.2) is 18.2 Å². The number of para-hydroxylation sites is 1. The Labute approximate surface area is 155 Å². The summed E-state index contributed by atoms with van der Waals surface area (Å²) in [5, 5.41) is 1.23. The number of carbonyl (C=O) groups excluding carboxylic acids is 1. The van der Waals surface area contributed by atoms with Crippen LogP contribution in [-0.2, 0) is 4.79 Å². The zero-order valence-corrected chi connectivity index (χ0v) is 14.8. The molecule has 4 nitrogen and oxygen atoms in total. The predicted molar refractivity (Wildman–Crippen MR) is 98.7 cm³/mol. The number of nitrogens with zero attached hydrogens (tertiary/aromatic N) is 1. The van der Waals surface area contributed by atoms with Crippen molar-refractivity contribution in [1.82, 2.24) is 9.88 Å². The van der Waals surface area contributed by atoms with Crippen molar-refractivity contribution < 1.29 is 18.3 Å². The number of likely N-dealkylation sites (tertiary alicyclic amines) is 1. The van der Waals surface area contributed by atoms with Gasteiger partial charge in [-0.3, -0.25) is 4.79 Å². The average Bonchev–Trinajstić information content (AvgIpc) is 3.11. The molecule has 140 valence electrons. The summed E-state index contributed by atoms with van der Waals surface area (Å²) >= 11 is 0. The van der Waals surface area contributed by atoms with Crippen molar-refractivity contribution in [3.63, 3.8) is 0 Å². The Hall–Kier alpha value is -2.89. The van der Waals surface area contributed by atoms with Crippen LogP contribution < -0.4 is 4.74 Å². The maximum Gasteiger partial charge on any atom is 0.260 e. The molecule has 0 bridgehead atoms. The minimum absolute atomic E-state index is 0.113. The van der Waals surface area contributed by atoms with Crippen LogP contribution in [0.4, 0.5) is 8.78 Å². The molecule has 3 aromatic rings. The number of ether oxygens (including phenoxy) is 1. The summed E-state index contributed by atoms with van der Waals surface area (Å²) in [6, 6.07) is 11.3. The summed E-state index contributed by atoms with van der Waals surface area (Å²) < 4.78 is 31.7. The number of aromatic amines is 1. The maximum atomic E-state index is 13.6. The monoisotopic (exact) mass is 370 g/mol. The molecule has 1 N–H and O–H groups in total. The van der Waals surface area contributed by atoms with E-state index in [2.05, 4.69) is 23.3 Å². The van der Waals surface area contributed by atoms with Crippen LogP contribution in [0.1, 0.15) is 24.3 Å². The van der Waals surface area contributed by atoms with Crippen molar-refractivity contribution in [1.29, 1.82) is 0 Å². The van der Waals surface area contributed by atoms with Gasteiger partial charge >= 0.3 is 0 Å². The molecule has 0 radical (unpaired) electrons. The van der Waals surface area contributed by atoms with E-state index in [1.54, 1.807) is 4.90 Å². The quantitative estimate of drug-likeness (QED) is 0.747. The first-order chi connectivity index (χ1) is 13.1. The number of rotatable bonds is 4. The van der Waals surface area contributed by atoms with Crippen LogP contribution in [0.2, 0.25) is 0 Å². The van der Waals surface area contributed by atoms with Gasteiger partial charge in [0.2, 0.25) is 0 Å². The first-order valence-corrected chi connectivity index (χ1v) is 9.03. The molecule has 1 saturated heterocycles. The van der Waals surface area contributed by atoms with Gasteiger partial charge in [-0.2, -0.15) is 0 Å². The van der Waals surface area contributed by atoms with E-state index < -0.39 is 11.6 Å². The van der Waals surface area contributed by atoms with Gasteiger partial charge in [-0.15, -0.1) is 0 Å². The number of hydrogen-bond donors (Lipinski definition) is 1. The largest absolute Gasteiger partial charge is 0.481 e. The summed E-state index contributed by atoms with van der Waals surface area (Å²) in [4.78, 5) is 17.4. The predicted octanol–water partition coefficient (Wildman–Crippen LogP) is 4.23. The molecule has 0 unspecified atom stereocenters. The number of piperidine rings is 1. The molecule has 1 amide bonds. The molecule has 0 atom stereocenters. The zero-order valence-electron chi connectivity index (χ0n) is 14.8. The maximum absolute atomic E-state index is 13.6. The highest BCUT2D eigenvalue weighted by molar-refractivity contribution is 5.83. The van der Waals surface area contributed by atoms with E-state index in [1.165, 1.54) is 17.0 Å². The van der Waals surface area contributed by atoms with Gasteiger partial charge in [-0.1, -0.05) is 18.2 Å². The van der Waals surface area contributed by atoms with Crippen LogP contribution in [0, 0.1) is 11.6 Å². The van der Waals surface area contributed by atoms with Gasteiger partial charge in [-0.25, -0.2) is 8.78 Å². The van der Waals surface area contributed by atoms with Crippen molar-refractivity contribution in [2.45, 2.75) is 18.8 Å². The number of aromatic nitrogens is 1. The number of fused-ring (bicyclic) bond motifs is 1. The number of nitrogens with one attached hydrogen (secondary N) is 1. The van der Waals surface area contributed by atoms with Crippen LogP contribution in [0.5, 0.6) is 5.75 Å². The molecule has 1 aliphatic heterocycles. The van der Waals surface area contributed by atoms with E-state index >= 15 is 0 Å². The lowest BCUT2D eigenvalue weighted by atomic mass is 9.89. The fourth-order valence-corrected chi connectivity index (χ4v) is 3.69. The van der Waals surface area contributed by atoms with Gasteiger partial charge in [0.25, 0.3) is 5.91 Å². The molecule has 0 aliphatic carbocycles. The Bertz CT molecular complexity index is 962. The van der Waals surface area contributed by atoms with Crippen LogP contribution in [0.3, 0.4) is 0 Å². The molecule has 1 aliphatic rings. The van der Waals surface area contributed by atoms with E-state index in [1.807, 2.05) is 12.1 Å². The molecule has 4 rings (SSSR count). The third-order valence-corrected chi connectivity index (χ3v) is 5.15. The molecule has 0 spiro atoms. The lowest BCUT2D eigenvalue weighted by Crippen LogP contribution is -2.40. The number of amides is 1. The molecule has 2 aromatic carbocycles.